The summed E-state index contributed by atoms with van der Waals surface area (Å²) in [7, 11) is 0. The second kappa shape index (κ2) is 12.0. The van der Waals surface area contributed by atoms with E-state index in [2.05, 4.69) is 30.9 Å². The summed E-state index contributed by atoms with van der Waals surface area (Å²) in [6.07, 6.45) is -4.28. The van der Waals surface area contributed by atoms with Gasteiger partial charge in [-0.1, -0.05) is 12.1 Å². The number of carboxylic acid groups (broad SMARTS) is 1. The highest BCUT2D eigenvalue weighted by Crippen LogP contribution is 2.36. The van der Waals surface area contributed by atoms with Gasteiger partial charge in [-0.3, -0.25) is 4.79 Å². The molecule has 2 amide bonds. The van der Waals surface area contributed by atoms with Crippen LogP contribution in [0.3, 0.4) is 0 Å². The van der Waals surface area contributed by atoms with E-state index in [1.165, 1.54) is 6.33 Å². The number of aromatic amines is 1. The molecule has 0 spiro atoms. The molecule has 1 atom stereocenters. The Balaban J connectivity index is 1.70. The normalized spacial score (nSPS) is 12.2. The van der Waals surface area contributed by atoms with Gasteiger partial charge in [0.05, 0.1) is 24.1 Å². The second-order valence-electron chi connectivity index (χ2n) is 8.49. The Hall–Kier alpha value is -4.47. The SMILES string of the molecule is NC(=O)c1c(F)ccc(OC(CN(CCc2c[nH]cn2)C(=O)O)c2nc(-c3ccc(C(F)(F)F)cc3)c(Br)o2)c1F. The van der Waals surface area contributed by atoms with Gasteiger partial charge in [-0.15, -0.1) is 0 Å². The number of hydrogen-bond acceptors (Lipinski definition) is 6. The summed E-state index contributed by atoms with van der Waals surface area (Å²) in [4.78, 5) is 35.6. The topological polar surface area (TPSA) is 148 Å². The largest absolute Gasteiger partial charge is 0.476 e. The molecular weight excluding hydrogens is 625 g/mol. The van der Waals surface area contributed by atoms with Crippen LogP contribution >= 0.6 is 15.9 Å². The first-order chi connectivity index (χ1) is 19.3. The van der Waals surface area contributed by atoms with E-state index in [0.717, 1.165) is 41.3 Å². The van der Waals surface area contributed by atoms with Crippen LogP contribution in [0, 0.1) is 11.6 Å². The van der Waals surface area contributed by atoms with Crippen molar-refractivity contribution in [1.29, 1.82) is 0 Å². The van der Waals surface area contributed by atoms with E-state index in [1.54, 1.807) is 6.20 Å². The highest BCUT2D eigenvalue weighted by Gasteiger charge is 2.32. The average molecular weight is 644 g/mol. The number of amides is 2. The van der Waals surface area contributed by atoms with Crippen LogP contribution in [0.4, 0.5) is 26.7 Å². The molecule has 0 radical (unpaired) electrons. The number of halogens is 6. The van der Waals surface area contributed by atoms with Gasteiger partial charge in [-0.2, -0.15) is 13.2 Å². The molecule has 1 unspecified atom stereocenters. The molecule has 216 valence electrons. The number of oxazole rings is 1. The summed E-state index contributed by atoms with van der Waals surface area (Å²) in [6, 6.07) is 5.58. The van der Waals surface area contributed by atoms with Crippen molar-refractivity contribution in [2.75, 3.05) is 13.1 Å². The van der Waals surface area contributed by atoms with E-state index in [9.17, 15) is 32.3 Å². The van der Waals surface area contributed by atoms with Crippen LogP contribution in [-0.4, -0.2) is 50.0 Å². The number of rotatable bonds is 10. The molecule has 4 aromatic rings. The number of carbonyl (C=O) groups is 2. The predicted octanol–water partition coefficient (Wildman–Crippen LogP) is 5.57. The number of alkyl halides is 3. The number of aromatic nitrogens is 3. The molecule has 2 aromatic carbocycles. The monoisotopic (exact) mass is 643 g/mol. The second-order valence-corrected chi connectivity index (χ2v) is 9.21. The van der Waals surface area contributed by atoms with Crippen LogP contribution in [0.25, 0.3) is 11.3 Å². The zero-order chi connectivity index (χ0) is 29.9. The summed E-state index contributed by atoms with van der Waals surface area (Å²) in [5.74, 6) is -5.05. The van der Waals surface area contributed by atoms with Gasteiger partial charge in [-0.05, 0) is 40.2 Å². The number of H-pyrrole nitrogens is 1. The van der Waals surface area contributed by atoms with E-state index >= 15 is 4.39 Å². The van der Waals surface area contributed by atoms with Crippen molar-refractivity contribution in [3.05, 3.63) is 87.9 Å². The first-order valence-electron chi connectivity index (χ1n) is 11.6. The quantitative estimate of drug-likeness (QED) is 0.191. The number of hydrogen-bond donors (Lipinski definition) is 3. The number of benzene rings is 2. The van der Waals surface area contributed by atoms with Gasteiger partial charge in [0.2, 0.25) is 5.89 Å². The van der Waals surface area contributed by atoms with Gasteiger partial charge in [0, 0.05) is 24.7 Å². The number of imidazole rings is 1. The molecule has 4 rings (SSSR count). The molecule has 0 aliphatic rings. The van der Waals surface area contributed by atoms with Crippen LogP contribution in [0.2, 0.25) is 0 Å². The summed E-state index contributed by atoms with van der Waals surface area (Å²) < 4.78 is 79.3. The molecule has 0 saturated heterocycles. The standard InChI is InChI=1S/C25H19BrF5N5O5/c26-21-20(12-1-3-13(4-2-12)25(29,30)31)35-23(41-21)17(10-36(24(38)39)8-7-14-9-33-11-34-14)40-16-6-5-15(27)18(19(16)28)22(32)37/h1-6,9,11,17H,7-8,10H2,(H2,32,37)(H,33,34)(H,38,39). The molecule has 41 heavy (non-hydrogen) atoms. The summed E-state index contributed by atoms with van der Waals surface area (Å²) in [5, 5.41) is 9.81. The van der Waals surface area contributed by atoms with E-state index in [1.807, 2.05) is 0 Å². The summed E-state index contributed by atoms with van der Waals surface area (Å²) in [5.41, 5.74) is 3.90. The lowest BCUT2D eigenvalue weighted by molar-refractivity contribution is -0.137. The Morgan fingerprint density at radius 1 is 1.17 bits per heavy atom. The Labute approximate surface area is 236 Å². The van der Waals surface area contributed by atoms with Crippen molar-refractivity contribution in [2.24, 2.45) is 5.73 Å². The fourth-order valence-electron chi connectivity index (χ4n) is 3.76. The molecule has 0 fully saturated rings. The minimum Gasteiger partial charge on any atom is -0.476 e. The van der Waals surface area contributed by atoms with E-state index in [4.69, 9.17) is 14.9 Å². The van der Waals surface area contributed by atoms with Gasteiger partial charge in [0.15, 0.2) is 22.3 Å². The van der Waals surface area contributed by atoms with Gasteiger partial charge in [0.25, 0.3) is 5.91 Å². The molecule has 0 bridgehead atoms. The van der Waals surface area contributed by atoms with Crippen LogP contribution < -0.4 is 10.5 Å². The Bertz CT molecular complexity index is 1540. The third kappa shape index (κ3) is 6.82. The maximum Gasteiger partial charge on any atom is 0.416 e. The lowest BCUT2D eigenvalue weighted by Gasteiger charge is -2.24. The fourth-order valence-corrected chi connectivity index (χ4v) is 4.24. The first-order valence-corrected chi connectivity index (χ1v) is 12.4. The van der Waals surface area contributed by atoms with Crippen molar-refractivity contribution in [2.45, 2.75) is 18.7 Å². The molecule has 0 saturated carbocycles. The third-order valence-corrected chi connectivity index (χ3v) is 6.32. The Kier molecular flexibility index (Phi) is 8.60. The maximum absolute atomic E-state index is 15.0. The average Bonchev–Trinajstić information content (AvgIpc) is 3.56. The van der Waals surface area contributed by atoms with Crippen molar-refractivity contribution in [3.8, 4) is 17.0 Å². The molecule has 2 aromatic heterocycles. The van der Waals surface area contributed by atoms with Gasteiger partial charge >= 0.3 is 12.3 Å². The van der Waals surface area contributed by atoms with Crippen LogP contribution in [0.1, 0.15) is 33.6 Å². The van der Waals surface area contributed by atoms with E-state index in [-0.39, 0.29) is 34.8 Å². The van der Waals surface area contributed by atoms with Crippen molar-refractivity contribution >= 4 is 27.9 Å². The smallest absolute Gasteiger partial charge is 0.416 e. The molecule has 0 aliphatic heterocycles. The Morgan fingerprint density at radius 2 is 1.88 bits per heavy atom. The van der Waals surface area contributed by atoms with Crippen LogP contribution in [0.15, 0.2) is 58.0 Å². The minimum atomic E-state index is -4.57. The molecule has 4 N–H and O–H groups in total. The highest BCUT2D eigenvalue weighted by molar-refractivity contribution is 9.10. The van der Waals surface area contributed by atoms with Crippen molar-refractivity contribution in [3.63, 3.8) is 0 Å². The van der Waals surface area contributed by atoms with Crippen molar-refractivity contribution < 1.29 is 45.8 Å². The number of carbonyl (C=O) groups excluding carboxylic acids is 1. The lowest BCUT2D eigenvalue weighted by atomic mass is 10.1. The summed E-state index contributed by atoms with van der Waals surface area (Å²) >= 11 is 3.14. The van der Waals surface area contributed by atoms with Crippen LogP contribution in [0.5, 0.6) is 5.75 Å². The molecule has 0 aliphatic carbocycles. The maximum atomic E-state index is 15.0. The zero-order valence-electron chi connectivity index (χ0n) is 20.6. The van der Waals surface area contributed by atoms with Gasteiger partial charge in [-0.25, -0.2) is 23.5 Å². The number of ether oxygens (including phenoxy) is 1. The summed E-state index contributed by atoms with van der Waals surface area (Å²) in [6.45, 7) is -0.589. The van der Waals surface area contributed by atoms with Crippen LogP contribution in [-0.2, 0) is 12.6 Å². The molecular formula is C25H19BrF5N5O5. The predicted molar refractivity (Wildman–Crippen MR) is 135 cm³/mol. The molecule has 16 heteroatoms. The number of primary amides is 1. The molecule has 2 heterocycles. The van der Waals surface area contributed by atoms with E-state index in [0.29, 0.717) is 5.69 Å². The molecule has 10 nitrogen and oxygen atoms in total. The number of nitrogens with two attached hydrogens (primary N) is 1. The van der Waals surface area contributed by atoms with E-state index < -0.39 is 59.3 Å². The van der Waals surface area contributed by atoms with Gasteiger partial charge in [0.1, 0.15) is 17.1 Å². The fraction of sp³-hybridized carbons (Fsp3) is 0.200. The highest BCUT2D eigenvalue weighted by atomic mass is 79.9. The number of nitrogens with zero attached hydrogens (tertiary/aromatic N) is 3. The lowest BCUT2D eigenvalue weighted by Crippen LogP contribution is -2.37. The third-order valence-electron chi connectivity index (χ3n) is 5.78. The van der Waals surface area contributed by atoms with Crippen molar-refractivity contribution in [1.82, 2.24) is 19.9 Å². The first kappa shape index (κ1) is 29.5. The Morgan fingerprint density at radius 3 is 2.46 bits per heavy atom. The van der Waals surface area contributed by atoms with Gasteiger partial charge < -0.3 is 29.9 Å². The minimum absolute atomic E-state index is 0.0399. The number of nitrogens with one attached hydrogen (secondary N) is 1. The zero-order valence-corrected chi connectivity index (χ0v) is 22.2.